The van der Waals surface area contributed by atoms with Crippen molar-refractivity contribution >= 4 is 0 Å². The first-order valence-electron chi connectivity index (χ1n) is 13.3. The lowest BCUT2D eigenvalue weighted by Crippen LogP contribution is -2.48. The summed E-state index contributed by atoms with van der Waals surface area (Å²) < 4.78 is 7.01. The number of nitrogens with one attached hydrogen (secondary N) is 1. The Kier molecular flexibility index (Phi) is 4.85. The number of piperidine rings is 1. The molecule has 10 atom stereocenters. The Balaban J connectivity index is 1.28. The monoisotopic (exact) mass is 425 g/mol. The van der Waals surface area contributed by atoms with E-state index in [1.807, 2.05) is 0 Å². The van der Waals surface area contributed by atoms with E-state index in [0.29, 0.717) is 23.5 Å². The second-order valence-corrected chi connectivity index (χ2v) is 12.7. The molecule has 31 heavy (non-hydrogen) atoms. The summed E-state index contributed by atoms with van der Waals surface area (Å²) in [5, 5.41) is 14.1. The van der Waals surface area contributed by atoms with Crippen molar-refractivity contribution in [3.8, 4) is 0 Å². The highest BCUT2D eigenvalue weighted by Crippen LogP contribution is 2.63. The van der Waals surface area contributed by atoms with Gasteiger partial charge in [-0.1, -0.05) is 43.6 Å². The number of aliphatic hydroxyl groups is 1. The fraction of sp³-hybridized carbons (Fsp3) is 0.857. The molecule has 6 aliphatic rings. The zero-order chi connectivity index (χ0) is 21.5. The second kappa shape index (κ2) is 7.18. The van der Waals surface area contributed by atoms with Gasteiger partial charge in [-0.15, -0.1) is 0 Å². The molecular weight excluding hydrogens is 382 g/mol. The molecule has 3 nitrogen and oxygen atoms in total. The first-order chi connectivity index (χ1) is 14.8. The van der Waals surface area contributed by atoms with E-state index in [2.05, 4.69) is 39.1 Å². The summed E-state index contributed by atoms with van der Waals surface area (Å²) in [7, 11) is 0. The van der Waals surface area contributed by atoms with Gasteiger partial charge in [0.15, 0.2) is 0 Å². The third kappa shape index (κ3) is 3.02. The third-order valence-electron chi connectivity index (χ3n) is 11.0. The zero-order valence-corrected chi connectivity index (χ0v) is 20.1. The van der Waals surface area contributed by atoms with E-state index in [1.165, 1.54) is 38.5 Å². The minimum Gasteiger partial charge on any atom is -0.393 e. The van der Waals surface area contributed by atoms with Crippen LogP contribution in [-0.4, -0.2) is 35.5 Å². The molecule has 6 rings (SSSR count). The first kappa shape index (κ1) is 20.9. The van der Waals surface area contributed by atoms with E-state index in [0.717, 1.165) is 49.5 Å². The number of ether oxygens (including phenoxy) is 1. The predicted octanol–water partition coefficient (Wildman–Crippen LogP) is 5.39. The molecule has 2 aliphatic heterocycles. The van der Waals surface area contributed by atoms with Crippen LogP contribution in [0.3, 0.4) is 0 Å². The maximum atomic E-state index is 10.3. The van der Waals surface area contributed by atoms with Crippen molar-refractivity contribution in [2.45, 2.75) is 109 Å². The molecular formula is C28H43NO2. The molecule has 1 spiro atoms. The predicted molar refractivity (Wildman–Crippen MR) is 125 cm³/mol. The van der Waals surface area contributed by atoms with E-state index < -0.39 is 0 Å². The summed E-state index contributed by atoms with van der Waals surface area (Å²) >= 11 is 0. The Morgan fingerprint density at radius 2 is 2.00 bits per heavy atom. The molecule has 0 radical (unpaired) electrons. The molecule has 172 valence electrons. The van der Waals surface area contributed by atoms with E-state index >= 15 is 0 Å². The normalized spacial score (nSPS) is 54.0. The average Bonchev–Trinajstić information content (AvgIpc) is 3.19. The van der Waals surface area contributed by atoms with Gasteiger partial charge in [0.05, 0.1) is 17.8 Å². The average molecular weight is 426 g/mol. The lowest BCUT2D eigenvalue weighted by atomic mass is 9.56. The van der Waals surface area contributed by atoms with Crippen LogP contribution in [0.5, 0.6) is 0 Å². The van der Waals surface area contributed by atoms with Gasteiger partial charge in [0.2, 0.25) is 0 Å². The van der Waals surface area contributed by atoms with Crippen LogP contribution in [0.2, 0.25) is 0 Å². The van der Waals surface area contributed by atoms with Crippen LogP contribution in [0.4, 0.5) is 0 Å². The summed E-state index contributed by atoms with van der Waals surface area (Å²) in [6.07, 6.45) is 13.4. The van der Waals surface area contributed by atoms with Gasteiger partial charge < -0.3 is 15.2 Å². The molecule has 3 heteroatoms. The number of rotatable bonds is 0. The van der Waals surface area contributed by atoms with Gasteiger partial charge in [0.25, 0.3) is 0 Å². The summed E-state index contributed by atoms with van der Waals surface area (Å²) in [6.45, 7) is 11.0. The van der Waals surface area contributed by atoms with Crippen LogP contribution in [0.15, 0.2) is 22.8 Å². The summed E-state index contributed by atoms with van der Waals surface area (Å²) in [5.74, 6) is 3.69. The number of fused-ring (bicyclic) bond motifs is 6. The molecule has 4 fully saturated rings. The molecule has 1 unspecified atom stereocenters. The van der Waals surface area contributed by atoms with Crippen LogP contribution in [-0.2, 0) is 4.74 Å². The summed E-state index contributed by atoms with van der Waals surface area (Å²) in [4.78, 5) is 0. The number of hydrogen-bond donors (Lipinski definition) is 2. The van der Waals surface area contributed by atoms with Crippen molar-refractivity contribution in [2.24, 2.45) is 35.0 Å². The quantitative estimate of drug-likeness (QED) is 0.511. The maximum Gasteiger partial charge on any atom is 0.0765 e. The highest BCUT2D eigenvalue weighted by atomic mass is 16.5. The third-order valence-corrected chi connectivity index (χ3v) is 11.0. The van der Waals surface area contributed by atoms with Crippen molar-refractivity contribution in [1.29, 1.82) is 0 Å². The van der Waals surface area contributed by atoms with E-state index in [1.54, 1.807) is 16.7 Å². The van der Waals surface area contributed by atoms with Crippen molar-refractivity contribution in [3.63, 3.8) is 0 Å². The topological polar surface area (TPSA) is 41.5 Å². The molecule has 2 saturated heterocycles. The Morgan fingerprint density at radius 1 is 1.16 bits per heavy atom. The Labute approximate surface area is 189 Å². The highest BCUT2D eigenvalue weighted by Gasteiger charge is 2.58. The highest BCUT2D eigenvalue weighted by molar-refractivity contribution is 5.33. The van der Waals surface area contributed by atoms with E-state index in [4.69, 9.17) is 4.74 Å². The number of hydrogen-bond acceptors (Lipinski definition) is 3. The van der Waals surface area contributed by atoms with Gasteiger partial charge in [0, 0.05) is 12.0 Å². The zero-order valence-electron chi connectivity index (χ0n) is 20.1. The van der Waals surface area contributed by atoms with Crippen LogP contribution >= 0.6 is 0 Å². The molecule has 2 saturated carbocycles. The molecule has 2 heterocycles. The summed E-state index contributed by atoms with van der Waals surface area (Å²) in [5.41, 5.74) is 5.43. The smallest absolute Gasteiger partial charge is 0.0765 e. The van der Waals surface area contributed by atoms with Crippen molar-refractivity contribution < 1.29 is 9.84 Å². The lowest BCUT2D eigenvalue weighted by Gasteiger charge is -2.49. The number of aliphatic hydroxyl groups excluding tert-OH is 1. The molecule has 0 aromatic heterocycles. The lowest BCUT2D eigenvalue weighted by molar-refractivity contribution is -0.0720. The van der Waals surface area contributed by atoms with Gasteiger partial charge in [-0.05, 0) is 100 Å². The van der Waals surface area contributed by atoms with Gasteiger partial charge in [-0.2, -0.15) is 0 Å². The largest absolute Gasteiger partial charge is 0.393 e. The van der Waals surface area contributed by atoms with E-state index in [9.17, 15) is 5.11 Å². The minimum absolute atomic E-state index is 0.0534. The van der Waals surface area contributed by atoms with Crippen LogP contribution in [0.25, 0.3) is 0 Å². The van der Waals surface area contributed by atoms with Gasteiger partial charge in [-0.25, -0.2) is 0 Å². The Morgan fingerprint density at radius 3 is 2.84 bits per heavy atom. The van der Waals surface area contributed by atoms with Gasteiger partial charge >= 0.3 is 0 Å². The van der Waals surface area contributed by atoms with Crippen LogP contribution < -0.4 is 5.32 Å². The minimum atomic E-state index is -0.107. The summed E-state index contributed by atoms with van der Waals surface area (Å²) in [6, 6.07) is 0.549. The Hall–Kier alpha value is -0.640. The van der Waals surface area contributed by atoms with Crippen molar-refractivity contribution in [2.75, 3.05) is 6.54 Å². The molecule has 0 bridgehead atoms. The molecule has 0 amide bonds. The molecule has 2 N–H and O–H groups in total. The molecule has 4 aliphatic carbocycles. The Bertz CT molecular complexity index is 816. The van der Waals surface area contributed by atoms with E-state index in [-0.39, 0.29) is 11.7 Å². The van der Waals surface area contributed by atoms with Crippen LogP contribution in [0.1, 0.15) is 85.5 Å². The van der Waals surface area contributed by atoms with Gasteiger partial charge in [0.1, 0.15) is 0 Å². The maximum absolute atomic E-state index is 10.3. The molecule has 0 aromatic rings. The fourth-order valence-corrected chi connectivity index (χ4v) is 9.21. The van der Waals surface area contributed by atoms with Crippen molar-refractivity contribution in [1.82, 2.24) is 5.32 Å². The van der Waals surface area contributed by atoms with Crippen molar-refractivity contribution in [3.05, 3.63) is 22.8 Å². The standard InChI is InChI=1S/C28H43NO2/c1-16-11-25-26(29-15-16)18(3)28(31-25)10-8-21-22-6-5-19-12-20(30)7-9-27(19,4)24(22)13-23(21)17(2)14-28/h5,16,18,20-22,24-26,29-30H,6-15H2,1-4H3/t16-,18+,20-,21-,22-,24-,25+,26-,27-,28?/m0/s1. The fourth-order valence-electron chi connectivity index (χ4n) is 9.21. The second-order valence-electron chi connectivity index (χ2n) is 12.7. The number of allylic oxidation sites excluding steroid dienone is 2. The van der Waals surface area contributed by atoms with Crippen LogP contribution in [0, 0.1) is 35.0 Å². The SMILES string of the molecule is CC1=C2C[C@H]3[C@@H](CC=C4C[C@@H](O)CC[C@@]43C)[C@@H]2CCC2(C1)O[C@@H]1C[C@H](C)CN[C@H]1[C@H]2C. The van der Waals surface area contributed by atoms with Gasteiger partial charge in [-0.3, -0.25) is 0 Å². The first-order valence-corrected chi connectivity index (χ1v) is 13.3. The molecule has 0 aromatic carbocycles.